The van der Waals surface area contributed by atoms with Crippen molar-refractivity contribution in [1.29, 1.82) is 0 Å². The summed E-state index contributed by atoms with van der Waals surface area (Å²) < 4.78 is 0. The molecule has 0 aliphatic heterocycles. The largest absolute Gasteiger partial charge is 0.399 e. The van der Waals surface area contributed by atoms with Crippen LogP contribution >= 0.6 is 0 Å². The molecule has 5 nitrogen and oxygen atoms in total. The van der Waals surface area contributed by atoms with Gasteiger partial charge in [-0.2, -0.15) is 0 Å². The van der Waals surface area contributed by atoms with Crippen molar-refractivity contribution in [2.45, 2.75) is 6.42 Å². The molecule has 0 bridgehead atoms. The fraction of sp³-hybridized carbons (Fsp3) is 0.0909. The van der Waals surface area contributed by atoms with E-state index < -0.39 is 11.2 Å². The van der Waals surface area contributed by atoms with Gasteiger partial charge in [0.05, 0.1) is 0 Å². The monoisotopic (exact) mass is 217 g/mol. The van der Waals surface area contributed by atoms with E-state index in [0.29, 0.717) is 17.8 Å². The van der Waals surface area contributed by atoms with Gasteiger partial charge in [0.25, 0.3) is 5.56 Å². The van der Waals surface area contributed by atoms with Crippen molar-refractivity contribution in [3.8, 4) is 0 Å². The Bertz CT molecular complexity index is 567. The van der Waals surface area contributed by atoms with E-state index in [-0.39, 0.29) is 0 Å². The average Bonchev–Trinajstić information content (AvgIpc) is 2.20. The summed E-state index contributed by atoms with van der Waals surface area (Å²) in [6, 6.07) is 8.64. The zero-order valence-electron chi connectivity index (χ0n) is 8.49. The molecule has 82 valence electrons. The van der Waals surface area contributed by atoms with Crippen molar-refractivity contribution >= 4 is 5.69 Å². The van der Waals surface area contributed by atoms with Crippen LogP contribution in [0.1, 0.15) is 11.3 Å². The van der Waals surface area contributed by atoms with E-state index in [1.54, 1.807) is 12.1 Å². The number of benzene rings is 1. The molecule has 0 radical (unpaired) electrons. The van der Waals surface area contributed by atoms with Crippen LogP contribution in [0.15, 0.2) is 39.9 Å². The summed E-state index contributed by atoms with van der Waals surface area (Å²) >= 11 is 0. The lowest BCUT2D eigenvalue weighted by Gasteiger charge is -2.01. The molecule has 2 rings (SSSR count). The molecule has 5 heteroatoms. The summed E-state index contributed by atoms with van der Waals surface area (Å²) in [5.74, 6) is 0. The highest BCUT2D eigenvalue weighted by atomic mass is 16.2. The Morgan fingerprint density at radius 1 is 1.06 bits per heavy atom. The van der Waals surface area contributed by atoms with Crippen LogP contribution in [0.3, 0.4) is 0 Å². The SMILES string of the molecule is Nc1ccc(Cc2cc(=O)[nH]c(=O)[nH]2)cc1. The fourth-order valence-corrected chi connectivity index (χ4v) is 1.47. The third-order valence-corrected chi connectivity index (χ3v) is 2.19. The van der Waals surface area contributed by atoms with Crippen LogP contribution in [0.5, 0.6) is 0 Å². The van der Waals surface area contributed by atoms with Gasteiger partial charge >= 0.3 is 5.69 Å². The van der Waals surface area contributed by atoms with Crippen LogP contribution in [0, 0.1) is 0 Å². The standard InChI is InChI=1S/C11H11N3O2/c12-8-3-1-7(2-4-8)5-9-6-10(15)14-11(16)13-9/h1-4,6H,5,12H2,(H2,13,14,15,16). The molecule has 1 aromatic heterocycles. The minimum Gasteiger partial charge on any atom is -0.399 e. The van der Waals surface area contributed by atoms with Gasteiger partial charge in [0.2, 0.25) is 0 Å². The Labute approximate surface area is 91.0 Å². The number of aromatic nitrogens is 2. The molecular formula is C11H11N3O2. The van der Waals surface area contributed by atoms with Gasteiger partial charge in [0.1, 0.15) is 0 Å². The Balaban J connectivity index is 2.30. The fourth-order valence-electron chi connectivity index (χ4n) is 1.47. The Morgan fingerprint density at radius 3 is 2.38 bits per heavy atom. The predicted molar refractivity (Wildman–Crippen MR) is 61.3 cm³/mol. The zero-order valence-corrected chi connectivity index (χ0v) is 8.49. The lowest BCUT2D eigenvalue weighted by atomic mass is 10.1. The smallest absolute Gasteiger partial charge is 0.325 e. The Hall–Kier alpha value is -2.30. The molecule has 16 heavy (non-hydrogen) atoms. The first-order chi connectivity index (χ1) is 7.63. The molecule has 0 atom stereocenters. The van der Waals surface area contributed by atoms with E-state index in [1.807, 2.05) is 12.1 Å². The second-order valence-corrected chi connectivity index (χ2v) is 3.53. The van der Waals surface area contributed by atoms with E-state index in [9.17, 15) is 9.59 Å². The first-order valence-corrected chi connectivity index (χ1v) is 4.80. The molecule has 0 spiro atoms. The van der Waals surface area contributed by atoms with Gasteiger partial charge in [-0.3, -0.25) is 9.78 Å². The van der Waals surface area contributed by atoms with Gasteiger partial charge < -0.3 is 10.7 Å². The molecule has 0 saturated heterocycles. The summed E-state index contributed by atoms with van der Waals surface area (Å²) in [6.07, 6.45) is 0.499. The topological polar surface area (TPSA) is 91.7 Å². The molecule has 1 heterocycles. The number of nitrogen functional groups attached to an aromatic ring is 1. The number of aromatic amines is 2. The van der Waals surface area contributed by atoms with E-state index in [2.05, 4.69) is 9.97 Å². The third-order valence-electron chi connectivity index (χ3n) is 2.19. The summed E-state index contributed by atoms with van der Waals surface area (Å²) in [5.41, 5.74) is 6.92. The van der Waals surface area contributed by atoms with Crippen molar-refractivity contribution in [2.75, 3.05) is 5.73 Å². The number of H-pyrrole nitrogens is 2. The van der Waals surface area contributed by atoms with Crippen LogP contribution in [-0.2, 0) is 6.42 Å². The van der Waals surface area contributed by atoms with Gasteiger partial charge in [0, 0.05) is 23.9 Å². The van der Waals surface area contributed by atoms with Crippen molar-refractivity contribution in [1.82, 2.24) is 9.97 Å². The van der Waals surface area contributed by atoms with Crippen molar-refractivity contribution in [3.63, 3.8) is 0 Å². The lowest BCUT2D eigenvalue weighted by molar-refractivity contribution is 0.953. The molecule has 0 unspecified atom stereocenters. The van der Waals surface area contributed by atoms with Crippen molar-refractivity contribution < 1.29 is 0 Å². The molecule has 0 aliphatic carbocycles. The minimum absolute atomic E-state index is 0.394. The lowest BCUT2D eigenvalue weighted by Crippen LogP contribution is -2.23. The minimum atomic E-state index is -0.488. The zero-order chi connectivity index (χ0) is 11.5. The number of nitrogens with one attached hydrogen (secondary N) is 2. The highest BCUT2D eigenvalue weighted by molar-refractivity contribution is 5.40. The molecule has 4 N–H and O–H groups in total. The highest BCUT2D eigenvalue weighted by Crippen LogP contribution is 2.08. The second kappa shape index (κ2) is 4.06. The van der Waals surface area contributed by atoms with Gasteiger partial charge in [-0.25, -0.2) is 4.79 Å². The summed E-state index contributed by atoms with van der Waals surface area (Å²) in [4.78, 5) is 26.8. The summed E-state index contributed by atoms with van der Waals surface area (Å²) in [6.45, 7) is 0. The van der Waals surface area contributed by atoms with Crippen LogP contribution in [-0.4, -0.2) is 9.97 Å². The number of rotatable bonds is 2. The van der Waals surface area contributed by atoms with E-state index >= 15 is 0 Å². The third kappa shape index (κ3) is 2.38. The normalized spacial score (nSPS) is 10.2. The molecular weight excluding hydrogens is 206 g/mol. The number of hydrogen-bond acceptors (Lipinski definition) is 3. The van der Waals surface area contributed by atoms with Gasteiger partial charge in [-0.05, 0) is 17.7 Å². The number of anilines is 1. The second-order valence-electron chi connectivity index (χ2n) is 3.53. The van der Waals surface area contributed by atoms with Crippen LogP contribution in [0.2, 0.25) is 0 Å². The highest BCUT2D eigenvalue weighted by Gasteiger charge is 1.99. The van der Waals surface area contributed by atoms with E-state index in [0.717, 1.165) is 5.56 Å². The Kier molecular flexibility index (Phi) is 2.59. The molecule has 2 aromatic rings. The van der Waals surface area contributed by atoms with E-state index in [1.165, 1.54) is 6.07 Å². The van der Waals surface area contributed by atoms with Crippen LogP contribution in [0.25, 0.3) is 0 Å². The molecule has 0 fully saturated rings. The maximum Gasteiger partial charge on any atom is 0.325 e. The molecule has 0 aliphatic rings. The molecule has 0 amide bonds. The van der Waals surface area contributed by atoms with Gasteiger partial charge in [0.15, 0.2) is 0 Å². The maximum absolute atomic E-state index is 11.1. The number of hydrogen-bond donors (Lipinski definition) is 3. The maximum atomic E-state index is 11.1. The summed E-state index contributed by atoms with van der Waals surface area (Å²) in [5, 5.41) is 0. The molecule has 0 saturated carbocycles. The number of nitrogens with two attached hydrogens (primary N) is 1. The predicted octanol–water partition coefficient (Wildman–Crippen LogP) is 0.236. The van der Waals surface area contributed by atoms with Crippen LogP contribution in [0.4, 0.5) is 5.69 Å². The quantitative estimate of drug-likeness (QED) is 0.629. The van der Waals surface area contributed by atoms with Crippen LogP contribution < -0.4 is 17.0 Å². The summed E-state index contributed by atoms with van der Waals surface area (Å²) in [7, 11) is 0. The first-order valence-electron chi connectivity index (χ1n) is 4.80. The molecule has 1 aromatic carbocycles. The van der Waals surface area contributed by atoms with E-state index in [4.69, 9.17) is 5.73 Å². The van der Waals surface area contributed by atoms with Crippen molar-refractivity contribution in [2.24, 2.45) is 0 Å². The first kappa shape index (κ1) is 10.2. The van der Waals surface area contributed by atoms with Crippen molar-refractivity contribution in [3.05, 3.63) is 62.4 Å². The van der Waals surface area contributed by atoms with Gasteiger partial charge in [-0.15, -0.1) is 0 Å². The Morgan fingerprint density at radius 2 is 1.75 bits per heavy atom. The van der Waals surface area contributed by atoms with Gasteiger partial charge in [-0.1, -0.05) is 12.1 Å². The average molecular weight is 217 g/mol.